The van der Waals surface area contributed by atoms with Gasteiger partial charge in [0.05, 0.1) is 3.79 Å². The molecule has 1 aromatic heterocycles. The summed E-state index contributed by atoms with van der Waals surface area (Å²) in [5, 5.41) is 2.96. The monoisotopic (exact) mass is 568 g/mol. The Labute approximate surface area is 179 Å². The maximum absolute atomic E-state index is 12.6. The molecule has 0 unspecified atom stereocenters. The molecule has 140 valence electrons. The van der Waals surface area contributed by atoms with E-state index in [4.69, 9.17) is 0 Å². The molecule has 1 aliphatic rings. The maximum Gasteiger partial charge on any atom is 0.252 e. The summed E-state index contributed by atoms with van der Waals surface area (Å²) in [6, 6.07) is 11.4. The van der Waals surface area contributed by atoms with Gasteiger partial charge in [0.25, 0.3) is 10.0 Å². The molecule has 3 rings (SSSR count). The molecule has 9 heteroatoms. The Morgan fingerprint density at radius 1 is 1.19 bits per heavy atom. The minimum absolute atomic E-state index is 0.000494. The highest BCUT2D eigenvalue weighted by molar-refractivity contribution is 14.1. The molecule has 2 heterocycles. The van der Waals surface area contributed by atoms with E-state index in [1.807, 2.05) is 24.3 Å². The number of halogens is 2. The van der Waals surface area contributed by atoms with Crippen LogP contribution in [0.4, 0.5) is 0 Å². The third kappa shape index (κ3) is 4.86. The van der Waals surface area contributed by atoms with Crippen molar-refractivity contribution < 1.29 is 13.2 Å². The van der Waals surface area contributed by atoms with Gasteiger partial charge in [-0.05, 0) is 81.2 Å². The number of thiophene rings is 1. The smallest absolute Gasteiger partial charge is 0.252 e. The van der Waals surface area contributed by atoms with E-state index in [-0.39, 0.29) is 11.8 Å². The summed E-state index contributed by atoms with van der Waals surface area (Å²) in [6.07, 6.45) is 1.09. The highest BCUT2D eigenvalue weighted by atomic mass is 127. The number of amides is 1. The fourth-order valence-electron chi connectivity index (χ4n) is 2.86. The molecule has 0 spiro atoms. The summed E-state index contributed by atoms with van der Waals surface area (Å²) in [4.78, 5) is 12.4. The van der Waals surface area contributed by atoms with E-state index in [9.17, 15) is 13.2 Å². The van der Waals surface area contributed by atoms with E-state index in [1.54, 1.807) is 12.1 Å². The fraction of sp³-hybridized carbons (Fsp3) is 0.353. The average Bonchev–Trinajstić information content (AvgIpc) is 3.08. The number of piperidine rings is 1. The third-order valence-electron chi connectivity index (χ3n) is 4.35. The lowest BCUT2D eigenvalue weighted by Crippen LogP contribution is -2.42. The first-order valence-corrected chi connectivity index (χ1v) is 12.3. The molecule has 0 saturated carbocycles. The van der Waals surface area contributed by atoms with E-state index in [0.29, 0.717) is 36.7 Å². The lowest BCUT2D eigenvalue weighted by atomic mass is 9.97. The van der Waals surface area contributed by atoms with Crippen LogP contribution in [0, 0.1) is 9.49 Å². The first-order chi connectivity index (χ1) is 12.4. The predicted octanol–water partition coefficient (Wildman–Crippen LogP) is 3.83. The van der Waals surface area contributed by atoms with Gasteiger partial charge in [-0.15, -0.1) is 11.3 Å². The first-order valence-electron chi connectivity index (χ1n) is 8.14. The number of benzene rings is 1. The summed E-state index contributed by atoms with van der Waals surface area (Å²) < 4.78 is 29.0. The van der Waals surface area contributed by atoms with Gasteiger partial charge in [-0.1, -0.05) is 12.1 Å². The molecule has 1 aliphatic heterocycles. The van der Waals surface area contributed by atoms with Crippen molar-refractivity contribution >= 4 is 65.8 Å². The largest absolute Gasteiger partial charge is 0.352 e. The Morgan fingerprint density at radius 2 is 1.85 bits per heavy atom. The molecule has 0 bridgehead atoms. The topological polar surface area (TPSA) is 66.5 Å². The van der Waals surface area contributed by atoms with Gasteiger partial charge >= 0.3 is 0 Å². The normalized spacial score (nSPS) is 16.5. The number of hydrogen-bond acceptors (Lipinski definition) is 4. The van der Waals surface area contributed by atoms with Crippen LogP contribution in [0.3, 0.4) is 0 Å². The van der Waals surface area contributed by atoms with Gasteiger partial charge in [0, 0.05) is 29.1 Å². The van der Waals surface area contributed by atoms with Crippen molar-refractivity contribution in [1.29, 1.82) is 0 Å². The highest BCUT2D eigenvalue weighted by Crippen LogP contribution is 2.30. The van der Waals surface area contributed by atoms with E-state index >= 15 is 0 Å². The lowest BCUT2D eigenvalue weighted by molar-refractivity contribution is -0.126. The summed E-state index contributed by atoms with van der Waals surface area (Å²) >= 11 is 6.75. The average molecular weight is 569 g/mol. The standard InChI is InChI=1S/C17H18BrIN2O3S2/c18-15-5-6-16(25-15)26(23,24)21-9-7-13(8-10-21)17(22)20-11-12-1-3-14(19)4-2-12/h1-6,13H,7-11H2,(H,20,22). The molecule has 1 aromatic carbocycles. The van der Waals surface area contributed by atoms with Crippen LogP contribution in [0.25, 0.3) is 0 Å². The lowest BCUT2D eigenvalue weighted by Gasteiger charge is -2.30. The fourth-order valence-corrected chi connectivity index (χ4v) is 6.85. The predicted molar refractivity (Wildman–Crippen MR) is 115 cm³/mol. The van der Waals surface area contributed by atoms with Gasteiger partial charge in [-0.3, -0.25) is 4.79 Å². The van der Waals surface area contributed by atoms with Gasteiger partial charge in [-0.25, -0.2) is 8.42 Å². The quantitative estimate of drug-likeness (QED) is 0.558. The van der Waals surface area contributed by atoms with E-state index in [1.165, 1.54) is 15.6 Å². The zero-order valence-electron chi connectivity index (χ0n) is 13.8. The van der Waals surface area contributed by atoms with Crippen LogP contribution < -0.4 is 5.32 Å². The number of carbonyl (C=O) groups excluding carboxylic acids is 1. The molecule has 2 aromatic rings. The van der Waals surface area contributed by atoms with Crippen LogP contribution in [-0.2, 0) is 21.4 Å². The van der Waals surface area contributed by atoms with Crippen LogP contribution in [0.1, 0.15) is 18.4 Å². The minimum Gasteiger partial charge on any atom is -0.352 e. The number of carbonyl (C=O) groups is 1. The molecular weight excluding hydrogens is 551 g/mol. The zero-order valence-corrected chi connectivity index (χ0v) is 19.2. The molecule has 1 amide bonds. The number of nitrogens with zero attached hydrogens (tertiary/aromatic N) is 1. The van der Waals surface area contributed by atoms with Crippen LogP contribution in [-0.4, -0.2) is 31.7 Å². The molecule has 1 saturated heterocycles. The molecule has 0 atom stereocenters. The number of rotatable bonds is 5. The molecule has 26 heavy (non-hydrogen) atoms. The number of sulfonamides is 1. The van der Waals surface area contributed by atoms with Crippen molar-refractivity contribution in [1.82, 2.24) is 9.62 Å². The number of hydrogen-bond donors (Lipinski definition) is 1. The molecular formula is C17H18BrIN2O3S2. The van der Waals surface area contributed by atoms with Gasteiger partial charge in [0.1, 0.15) is 4.21 Å². The summed E-state index contributed by atoms with van der Waals surface area (Å²) in [6.45, 7) is 1.25. The van der Waals surface area contributed by atoms with Crippen molar-refractivity contribution in [3.63, 3.8) is 0 Å². The van der Waals surface area contributed by atoms with Crippen molar-refractivity contribution in [3.05, 3.63) is 49.3 Å². The van der Waals surface area contributed by atoms with Gasteiger partial charge < -0.3 is 5.32 Å². The Bertz CT molecular complexity index is 876. The van der Waals surface area contributed by atoms with Crippen molar-refractivity contribution in [3.8, 4) is 0 Å². The first kappa shape index (κ1) is 20.2. The summed E-state index contributed by atoms with van der Waals surface area (Å²) in [7, 11) is -3.46. The van der Waals surface area contributed by atoms with E-state index in [0.717, 1.165) is 12.9 Å². The van der Waals surface area contributed by atoms with Crippen LogP contribution in [0.2, 0.25) is 0 Å². The summed E-state index contributed by atoms with van der Waals surface area (Å²) in [5.41, 5.74) is 1.06. The Kier molecular flexibility index (Phi) is 6.76. The zero-order chi connectivity index (χ0) is 18.7. The second-order valence-corrected chi connectivity index (χ2v) is 12.0. The minimum atomic E-state index is -3.46. The van der Waals surface area contributed by atoms with Crippen LogP contribution >= 0.6 is 49.9 Å². The highest BCUT2D eigenvalue weighted by Gasteiger charge is 2.32. The van der Waals surface area contributed by atoms with E-state index < -0.39 is 10.0 Å². The Balaban J connectivity index is 1.53. The maximum atomic E-state index is 12.6. The Morgan fingerprint density at radius 3 is 2.42 bits per heavy atom. The summed E-state index contributed by atoms with van der Waals surface area (Å²) in [5.74, 6) is -0.139. The van der Waals surface area contributed by atoms with Gasteiger partial charge in [0.15, 0.2) is 0 Å². The van der Waals surface area contributed by atoms with Crippen molar-refractivity contribution in [2.75, 3.05) is 13.1 Å². The van der Waals surface area contributed by atoms with Crippen LogP contribution in [0.5, 0.6) is 0 Å². The second-order valence-electron chi connectivity index (χ2n) is 6.08. The molecule has 0 aliphatic carbocycles. The Hall–Kier alpha value is -0.490. The van der Waals surface area contributed by atoms with Crippen molar-refractivity contribution in [2.24, 2.45) is 5.92 Å². The van der Waals surface area contributed by atoms with E-state index in [2.05, 4.69) is 43.8 Å². The number of nitrogens with one attached hydrogen (secondary N) is 1. The SMILES string of the molecule is O=C(NCc1ccc(I)cc1)C1CCN(S(=O)(=O)c2ccc(Br)s2)CC1. The van der Waals surface area contributed by atoms with Crippen LogP contribution in [0.15, 0.2) is 44.4 Å². The molecule has 5 nitrogen and oxygen atoms in total. The van der Waals surface area contributed by atoms with Gasteiger partial charge in [0.2, 0.25) is 5.91 Å². The second kappa shape index (κ2) is 8.68. The third-order valence-corrected chi connectivity index (χ3v) is 9.06. The molecule has 0 radical (unpaired) electrons. The van der Waals surface area contributed by atoms with Crippen molar-refractivity contribution in [2.45, 2.75) is 23.6 Å². The van der Waals surface area contributed by atoms with Gasteiger partial charge in [-0.2, -0.15) is 4.31 Å². The molecule has 1 fully saturated rings. The molecule has 1 N–H and O–H groups in total.